The number of carbonyl (C=O) groups is 1. The highest BCUT2D eigenvalue weighted by atomic mass is 19.4. The number of halogens is 3. The predicted molar refractivity (Wildman–Crippen MR) is 55.2 cm³/mol. The minimum Gasteiger partial charge on any atom is -0.289 e. The highest BCUT2D eigenvalue weighted by molar-refractivity contribution is 6.04. The Morgan fingerprint density at radius 1 is 1.25 bits per heavy atom. The molecular weight excluding hydrogens is 217 g/mol. The number of hydrogen-bond donors (Lipinski definition) is 0. The van der Waals surface area contributed by atoms with Gasteiger partial charge < -0.3 is 0 Å². The summed E-state index contributed by atoms with van der Waals surface area (Å²) >= 11 is 0. The van der Waals surface area contributed by atoms with E-state index >= 15 is 0 Å². The maximum absolute atomic E-state index is 12.2. The first kappa shape index (κ1) is 12.5. The van der Waals surface area contributed by atoms with E-state index in [4.69, 9.17) is 0 Å². The fraction of sp³-hybridized carbons (Fsp3) is 0.250. The summed E-state index contributed by atoms with van der Waals surface area (Å²) in [4.78, 5) is 11.4. The first-order valence-corrected chi connectivity index (χ1v) is 4.83. The van der Waals surface area contributed by atoms with Crippen molar-refractivity contribution in [1.29, 1.82) is 0 Å². The van der Waals surface area contributed by atoms with Gasteiger partial charge in [0.2, 0.25) is 0 Å². The van der Waals surface area contributed by atoms with Gasteiger partial charge in [-0.3, -0.25) is 4.79 Å². The molecule has 1 aromatic rings. The number of benzene rings is 1. The van der Waals surface area contributed by atoms with E-state index in [9.17, 15) is 18.0 Å². The molecule has 0 amide bonds. The summed E-state index contributed by atoms with van der Waals surface area (Å²) in [6, 6.07) is 4.19. The zero-order valence-corrected chi connectivity index (χ0v) is 8.71. The van der Waals surface area contributed by atoms with Gasteiger partial charge in [0.05, 0.1) is 5.56 Å². The van der Waals surface area contributed by atoms with Crippen LogP contribution in [0.15, 0.2) is 36.4 Å². The Morgan fingerprint density at radius 2 is 1.81 bits per heavy atom. The molecule has 4 heteroatoms. The van der Waals surface area contributed by atoms with Gasteiger partial charge in [0.25, 0.3) is 0 Å². The molecule has 1 nitrogen and oxygen atoms in total. The van der Waals surface area contributed by atoms with E-state index in [0.29, 0.717) is 6.42 Å². The minimum absolute atomic E-state index is 0.262. The Hall–Kier alpha value is -1.58. The molecule has 0 aliphatic heterocycles. The molecule has 0 spiro atoms. The van der Waals surface area contributed by atoms with Crippen LogP contribution in [0.1, 0.15) is 29.3 Å². The number of allylic oxidation sites excluding steroid dienone is 2. The lowest BCUT2D eigenvalue weighted by atomic mass is 10.1. The standard InChI is InChI=1S/C12H11F3O/c1-2-3-4-11(16)9-5-7-10(8-6-9)12(13,14)15/h3-8H,2H2,1H3/b4-3+. The van der Waals surface area contributed by atoms with Crippen molar-refractivity contribution in [3.8, 4) is 0 Å². The average molecular weight is 228 g/mol. The summed E-state index contributed by atoms with van der Waals surface area (Å²) in [7, 11) is 0. The van der Waals surface area contributed by atoms with E-state index < -0.39 is 11.7 Å². The highest BCUT2D eigenvalue weighted by Gasteiger charge is 2.30. The monoisotopic (exact) mass is 228 g/mol. The summed E-state index contributed by atoms with van der Waals surface area (Å²) < 4.78 is 36.7. The van der Waals surface area contributed by atoms with Gasteiger partial charge in [0.15, 0.2) is 5.78 Å². The van der Waals surface area contributed by atoms with Crippen LogP contribution in [0.4, 0.5) is 13.2 Å². The molecule has 0 aromatic heterocycles. The molecular formula is C12H11F3O. The zero-order chi connectivity index (χ0) is 12.2. The maximum Gasteiger partial charge on any atom is 0.416 e. The average Bonchev–Trinajstić information content (AvgIpc) is 2.25. The van der Waals surface area contributed by atoms with Crippen molar-refractivity contribution in [3.63, 3.8) is 0 Å². The van der Waals surface area contributed by atoms with E-state index in [0.717, 1.165) is 12.1 Å². The molecule has 0 fully saturated rings. The molecule has 0 radical (unpaired) electrons. The molecule has 0 bridgehead atoms. The topological polar surface area (TPSA) is 17.1 Å². The van der Waals surface area contributed by atoms with Gasteiger partial charge in [-0.15, -0.1) is 0 Å². The lowest BCUT2D eigenvalue weighted by Crippen LogP contribution is -2.05. The van der Waals surface area contributed by atoms with Gasteiger partial charge in [-0.25, -0.2) is 0 Å². The maximum atomic E-state index is 12.2. The Kier molecular flexibility index (Phi) is 3.88. The smallest absolute Gasteiger partial charge is 0.289 e. The first-order chi connectivity index (χ1) is 7.45. The molecule has 0 heterocycles. The third kappa shape index (κ3) is 3.22. The van der Waals surface area contributed by atoms with Crippen molar-refractivity contribution in [1.82, 2.24) is 0 Å². The van der Waals surface area contributed by atoms with Crippen LogP contribution in [-0.4, -0.2) is 5.78 Å². The Morgan fingerprint density at radius 3 is 2.25 bits per heavy atom. The molecule has 86 valence electrons. The quantitative estimate of drug-likeness (QED) is 0.567. The lowest BCUT2D eigenvalue weighted by molar-refractivity contribution is -0.137. The molecule has 1 rings (SSSR count). The Bertz CT molecular complexity index is 388. The lowest BCUT2D eigenvalue weighted by Gasteiger charge is -2.06. The van der Waals surface area contributed by atoms with Gasteiger partial charge in [-0.05, 0) is 24.6 Å². The molecule has 0 unspecified atom stereocenters. The van der Waals surface area contributed by atoms with Crippen LogP contribution in [0.2, 0.25) is 0 Å². The number of ketones is 1. The number of rotatable bonds is 3. The van der Waals surface area contributed by atoms with E-state index in [-0.39, 0.29) is 11.3 Å². The third-order valence-corrected chi connectivity index (χ3v) is 2.00. The summed E-state index contributed by atoms with van der Waals surface area (Å²) in [5.41, 5.74) is -0.485. The SMILES string of the molecule is CC/C=C/C(=O)c1ccc(C(F)(F)F)cc1. The van der Waals surface area contributed by atoms with Gasteiger partial charge in [-0.2, -0.15) is 13.2 Å². The van der Waals surface area contributed by atoms with E-state index in [2.05, 4.69) is 0 Å². The van der Waals surface area contributed by atoms with Crippen molar-refractivity contribution >= 4 is 5.78 Å². The van der Waals surface area contributed by atoms with Crippen molar-refractivity contribution in [2.24, 2.45) is 0 Å². The molecule has 0 N–H and O–H groups in total. The molecule has 0 saturated carbocycles. The van der Waals surface area contributed by atoms with Crippen molar-refractivity contribution in [2.75, 3.05) is 0 Å². The molecule has 16 heavy (non-hydrogen) atoms. The van der Waals surface area contributed by atoms with Crippen LogP contribution in [0.3, 0.4) is 0 Å². The number of alkyl halides is 3. The minimum atomic E-state index is -4.36. The van der Waals surface area contributed by atoms with E-state index in [1.54, 1.807) is 6.08 Å². The van der Waals surface area contributed by atoms with Crippen LogP contribution in [0, 0.1) is 0 Å². The van der Waals surface area contributed by atoms with Crippen molar-refractivity contribution < 1.29 is 18.0 Å². The normalized spacial score (nSPS) is 12.0. The summed E-state index contributed by atoms with van der Waals surface area (Å²) in [6.07, 6.45) is -0.615. The first-order valence-electron chi connectivity index (χ1n) is 4.83. The van der Waals surface area contributed by atoms with Crippen LogP contribution < -0.4 is 0 Å². The Balaban J connectivity index is 2.87. The molecule has 0 saturated heterocycles. The predicted octanol–water partition coefficient (Wildman–Crippen LogP) is 3.85. The second kappa shape index (κ2) is 4.96. The molecule has 1 aromatic carbocycles. The van der Waals surface area contributed by atoms with Crippen LogP contribution in [-0.2, 0) is 6.18 Å². The van der Waals surface area contributed by atoms with Crippen LogP contribution >= 0.6 is 0 Å². The highest BCUT2D eigenvalue weighted by Crippen LogP contribution is 2.29. The fourth-order valence-corrected chi connectivity index (χ4v) is 1.14. The van der Waals surface area contributed by atoms with Crippen LogP contribution in [0.5, 0.6) is 0 Å². The second-order valence-electron chi connectivity index (χ2n) is 3.25. The fourth-order valence-electron chi connectivity index (χ4n) is 1.14. The van der Waals surface area contributed by atoms with Crippen molar-refractivity contribution in [3.05, 3.63) is 47.5 Å². The second-order valence-corrected chi connectivity index (χ2v) is 3.25. The summed E-state index contributed by atoms with van der Waals surface area (Å²) in [5, 5.41) is 0. The van der Waals surface area contributed by atoms with Crippen molar-refractivity contribution in [2.45, 2.75) is 19.5 Å². The summed E-state index contributed by atoms with van der Waals surface area (Å²) in [5.74, 6) is -0.282. The van der Waals surface area contributed by atoms with Gasteiger partial charge in [0, 0.05) is 5.56 Å². The van der Waals surface area contributed by atoms with Crippen LogP contribution in [0.25, 0.3) is 0 Å². The third-order valence-electron chi connectivity index (χ3n) is 2.00. The van der Waals surface area contributed by atoms with Gasteiger partial charge in [-0.1, -0.05) is 25.1 Å². The Labute approximate surface area is 91.6 Å². The van der Waals surface area contributed by atoms with E-state index in [1.165, 1.54) is 18.2 Å². The molecule has 0 atom stereocenters. The molecule has 0 aliphatic carbocycles. The number of hydrogen-bond acceptors (Lipinski definition) is 1. The number of carbonyl (C=O) groups excluding carboxylic acids is 1. The van der Waals surface area contributed by atoms with E-state index in [1.807, 2.05) is 6.92 Å². The van der Waals surface area contributed by atoms with Gasteiger partial charge in [0.1, 0.15) is 0 Å². The largest absolute Gasteiger partial charge is 0.416 e. The van der Waals surface area contributed by atoms with Gasteiger partial charge >= 0.3 is 6.18 Å². The molecule has 0 aliphatic rings. The zero-order valence-electron chi connectivity index (χ0n) is 8.71. The summed E-state index contributed by atoms with van der Waals surface area (Å²) in [6.45, 7) is 1.87.